The van der Waals surface area contributed by atoms with Crippen molar-refractivity contribution in [2.24, 2.45) is 5.16 Å². The molecule has 0 atom stereocenters. The summed E-state index contributed by atoms with van der Waals surface area (Å²) in [5.41, 5.74) is 6.21. The minimum atomic E-state index is -0.407. The van der Waals surface area contributed by atoms with Crippen LogP contribution >= 0.6 is 0 Å². The van der Waals surface area contributed by atoms with Gasteiger partial charge in [0.15, 0.2) is 0 Å². The third-order valence-corrected chi connectivity index (χ3v) is 1.40. The molecule has 0 aliphatic rings. The van der Waals surface area contributed by atoms with Gasteiger partial charge in [-0.1, -0.05) is 17.3 Å². The van der Waals surface area contributed by atoms with Gasteiger partial charge in [-0.05, 0) is 12.1 Å². The molecule has 0 aromatic heterocycles. The number of nitrogens with two attached hydrogens (primary N) is 1. The van der Waals surface area contributed by atoms with E-state index in [0.717, 1.165) is 6.21 Å². The highest BCUT2D eigenvalue weighted by Crippen LogP contribution is 2.09. The van der Waals surface area contributed by atoms with Crippen LogP contribution in [0.3, 0.4) is 0 Å². The van der Waals surface area contributed by atoms with Crippen LogP contribution in [0.2, 0.25) is 0 Å². The predicted octanol–water partition coefficient (Wildman–Crippen LogP) is 0.911. The summed E-state index contributed by atoms with van der Waals surface area (Å²) in [7, 11) is 0. The topological polar surface area (TPSA) is 75.7 Å². The molecular formula is C8H8N2O2. The Hall–Kier alpha value is -1.84. The zero-order valence-electron chi connectivity index (χ0n) is 6.27. The van der Waals surface area contributed by atoms with Crippen molar-refractivity contribution in [2.75, 3.05) is 5.73 Å². The van der Waals surface area contributed by atoms with Crippen LogP contribution in [-0.4, -0.2) is 17.2 Å². The molecule has 62 valence electrons. The first kappa shape index (κ1) is 8.26. The van der Waals surface area contributed by atoms with Gasteiger partial charge in [0.1, 0.15) is 6.21 Å². The third kappa shape index (κ3) is 1.60. The van der Waals surface area contributed by atoms with Crippen LogP contribution in [0.15, 0.2) is 29.4 Å². The van der Waals surface area contributed by atoms with E-state index >= 15 is 0 Å². The molecule has 1 rings (SSSR count). The van der Waals surface area contributed by atoms with Crippen molar-refractivity contribution in [3.05, 3.63) is 29.8 Å². The molecule has 0 saturated carbocycles. The molecule has 1 aromatic rings. The second kappa shape index (κ2) is 3.52. The van der Waals surface area contributed by atoms with Crippen LogP contribution in [0, 0.1) is 0 Å². The normalized spacial score (nSPS) is 10.3. The standard InChI is InChI=1S/C8H8N2O2/c9-7-4-2-1-3-6(7)8(11)5-10-12/h1-5,12H,9H2. The number of oxime groups is 1. The highest BCUT2D eigenvalue weighted by atomic mass is 16.4. The summed E-state index contributed by atoms with van der Waals surface area (Å²) < 4.78 is 0. The van der Waals surface area contributed by atoms with Crippen molar-refractivity contribution in [3.63, 3.8) is 0 Å². The lowest BCUT2D eigenvalue weighted by molar-refractivity contribution is 0.106. The van der Waals surface area contributed by atoms with E-state index in [2.05, 4.69) is 5.16 Å². The fourth-order valence-electron chi connectivity index (χ4n) is 0.843. The Bertz CT molecular complexity index is 321. The number of Topliss-reactive ketones (excluding diaryl/α,β-unsaturated/α-hetero) is 1. The lowest BCUT2D eigenvalue weighted by Crippen LogP contribution is -2.04. The van der Waals surface area contributed by atoms with Crippen molar-refractivity contribution in [1.29, 1.82) is 0 Å². The first-order valence-electron chi connectivity index (χ1n) is 3.32. The summed E-state index contributed by atoms with van der Waals surface area (Å²) in [6.07, 6.45) is 0.811. The van der Waals surface area contributed by atoms with E-state index in [4.69, 9.17) is 10.9 Å². The Balaban J connectivity index is 3.03. The molecule has 0 aliphatic heterocycles. The van der Waals surface area contributed by atoms with Gasteiger partial charge in [0.25, 0.3) is 0 Å². The summed E-state index contributed by atoms with van der Waals surface area (Å²) in [5, 5.41) is 10.7. The van der Waals surface area contributed by atoms with Gasteiger partial charge in [-0.3, -0.25) is 4.79 Å². The molecule has 0 bridgehead atoms. The number of rotatable bonds is 2. The van der Waals surface area contributed by atoms with Crippen LogP contribution in [-0.2, 0) is 0 Å². The van der Waals surface area contributed by atoms with E-state index in [-0.39, 0.29) is 0 Å². The fourth-order valence-corrected chi connectivity index (χ4v) is 0.843. The van der Waals surface area contributed by atoms with Gasteiger partial charge in [0.2, 0.25) is 5.78 Å². The maximum atomic E-state index is 11.1. The third-order valence-electron chi connectivity index (χ3n) is 1.40. The number of nitrogens with zero attached hydrogens (tertiary/aromatic N) is 1. The number of carbonyl (C=O) groups excluding carboxylic acids is 1. The molecule has 0 heterocycles. The largest absolute Gasteiger partial charge is 0.411 e. The van der Waals surface area contributed by atoms with Crippen LogP contribution in [0.5, 0.6) is 0 Å². The Morgan fingerprint density at radius 3 is 2.75 bits per heavy atom. The van der Waals surface area contributed by atoms with E-state index < -0.39 is 5.78 Å². The number of hydrogen-bond acceptors (Lipinski definition) is 4. The fraction of sp³-hybridized carbons (Fsp3) is 0. The number of ketones is 1. The molecule has 12 heavy (non-hydrogen) atoms. The lowest BCUT2D eigenvalue weighted by atomic mass is 10.1. The summed E-state index contributed by atoms with van der Waals surface area (Å²) >= 11 is 0. The molecule has 4 nitrogen and oxygen atoms in total. The van der Waals surface area contributed by atoms with Gasteiger partial charge < -0.3 is 10.9 Å². The molecule has 0 amide bonds. The molecule has 0 saturated heterocycles. The van der Waals surface area contributed by atoms with Crippen LogP contribution in [0.4, 0.5) is 5.69 Å². The SMILES string of the molecule is Nc1ccccc1C(=O)C=NO. The molecule has 0 unspecified atom stereocenters. The van der Waals surface area contributed by atoms with Gasteiger partial charge in [-0.15, -0.1) is 0 Å². The molecular weight excluding hydrogens is 156 g/mol. The first-order chi connectivity index (χ1) is 5.75. The Morgan fingerprint density at radius 2 is 2.17 bits per heavy atom. The van der Waals surface area contributed by atoms with Gasteiger partial charge in [0, 0.05) is 11.3 Å². The van der Waals surface area contributed by atoms with Gasteiger partial charge in [-0.2, -0.15) is 0 Å². The maximum absolute atomic E-state index is 11.1. The average Bonchev–Trinajstić information content (AvgIpc) is 2.05. The molecule has 1 aromatic carbocycles. The quantitative estimate of drug-likeness (QED) is 0.224. The predicted molar refractivity (Wildman–Crippen MR) is 45.5 cm³/mol. The highest BCUT2D eigenvalue weighted by molar-refractivity contribution is 6.36. The second-order valence-corrected chi connectivity index (χ2v) is 2.20. The molecule has 0 aliphatic carbocycles. The van der Waals surface area contributed by atoms with E-state index in [1.807, 2.05) is 0 Å². The first-order valence-corrected chi connectivity index (χ1v) is 3.32. The van der Waals surface area contributed by atoms with Gasteiger partial charge in [0.05, 0.1) is 0 Å². The summed E-state index contributed by atoms with van der Waals surface area (Å²) in [5.74, 6) is -0.407. The monoisotopic (exact) mass is 164 g/mol. The number of anilines is 1. The van der Waals surface area contributed by atoms with E-state index in [9.17, 15) is 4.79 Å². The number of benzene rings is 1. The Labute approximate surface area is 69.3 Å². The zero-order chi connectivity index (χ0) is 8.97. The van der Waals surface area contributed by atoms with Crippen LogP contribution in [0.25, 0.3) is 0 Å². The van der Waals surface area contributed by atoms with E-state index in [1.165, 1.54) is 0 Å². The van der Waals surface area contributed by atoms with Crippen molar-refractivity contribution >= 4 is 17.7 Å². The van der Waals surface area contributed by atoms with Crippen LogP contribution in [0.1, 0.15) is 10.4 Å². The molecule has 0 spiro atoms. The van der Waals surface area contributed by atoms with Crippen LogP contribution < -0.4 is 5.73 Å². The summed E-state index contributed by atoms with van der Waals surface area (Å²) in [6, 6.07) is 6.59. The summed E-state index contributed by atoms with van der Waals surface area (Å²) in [4.78, 5) is 11.1. The number of nitrogen functional groups attached to an aromatic ring is 1. The smallest absolute Gasteiger partial charge is 0.209 e. The van der Waals surface area contributed by atoms with E-state index in [1.54, 1.807) is 24.3 Å². The van der Waals surface area contributed by atoms with Crippen molar-refractivity contribution in [2.45, 2.75) is 0 Å². The zero-order valence-corrected chi connectivity index (χ0v) is 6.27. The lowest BCUT2D eigenvalue weighted by Gasteiger charge is -1.98. The molecule has 4 heteroatoms. The van der Waals surface area contributed by atoms with Crippen molar-refractivity contribution in [1.82, 2.24) is 0 Å². The Morgan fingerprint density at radius 1 is 1.50 bits per heavy atom. The minimum Gasteiger partial charge on any atom is -0.411 e. The van der Waals surface area contributed by atoms with Crippen molar-refractivity contribution < 1.29 is 10.0 Å². The molecule has 3 N–H and O–H groups in total. The van der Waals surface area contributed by atoms with Gasteiger partial charge in [-0.25, -0.2) is 0 Å². The average molecular weight is 164 g/mol. The molecule has 0 fully saturated rings. The van der Waals surface area contributed by atoms with Gasteiger partial charge >= 0.3 is 0 Å². The number of carbonyl (C=O) groups is 1. The second-order valence-electron chi connectivity index (χ2n) is 2.20. The minimum absolute atomic E-state index is 0.343. The van der Waals surface area contributed by atoms with E-state index in [0.29, 0.717) is 11.3 Å². The van der Waals surface area contributed by atoms with Crippen molar-refractivity contribution in [3.8, 4) is 0 Å². The number of para-hydroxylation sites is 1. The summed E-state index contributed by atoms with van der Waals surface area (Å²) in [6.45, 7) is 0. The Kier molecular flexibility index (Phi) is 2.42. The highest BCUT2D eigenvalue weighted by Gasteiger charge is 2.05. The maximum Gasteiger partial charge on any atom is 0.209 e. The molecule has 0 radical (unpaired) electrons. The number of hydrogen-bond donors (Lipinski definition) is 2.